The number of rotatable bonds is 1. The summed E-state index contributed by atoms with van der Waals surface area (Å²) in [4.78, 5) is 40.4. The van der Waals surface area contributed by atoms with Crippen molar-refractivity contribution in [3.8, 4) is 0 Å². The first kappa shape index (κ1) is 21.7. The van der Waals surface area contributed by atoms with E-state index in [9.17, 15) is 14.4 Å². The average molecular weight is 370 g/mol. The SMILES string of the molecule is CC(C)(C)OC(=O)N=C(NC(=O)O)N1CCC(C(N)=O)CC1C(C)(C)C. The van der Waals surface area contributed by atoms with Crippen LogP contribution in [0.15, 0.2) is 4.99 Å². The maximum Gasteiger partial charge on any atom is 0.437 e. The molecule has 2 unspecified atom stereocenters. The molecule has 1 saturated heterocycles. The number of amides is 3. The van der Waals surface area contributed by atoms with E-state index in [4.69, 9.17) is 15.6 Å². The monoisotopic (exact) mass is 370 g/mol. The Balaban J connectivity index is 3.19. The van der Waals surface area contributed by atoms with E-state index in [2.05, 4.69) is 10.3 Å². The Morgan fingerprint density at radius 2 is 1.77 bits per heavy atom. The lowest BCUT2D eigenvalue weighted by atomic mass is 9.77. The van der Waals surface area contributed by atoms with Crippen molar-refractivity contribution in [2.45, 2.75) is 66.0 Å². The van der Waals surface area contributed by atoms with Crippen molar-refractivity contribution in [2.75, 3.05) is 6.54 Å². The normalized spacial score (nSPS) is 21.9. The van der Waals surface area contributed by atoms with Crippen LogP contribution in [-0.2, 0) is 9.53 Å². The summed E-state index contributed by atoms with van der Waals surface area (Å²) in [6.45, 7) is 11.3. The lowest BCUT2D eigenvalue weighted by molar-refractivity contribution is -0.124. The van der Waals surface area contributed by atoms with Gasteiger partial charge in [-0.25, -0.2) is 9.59 Å². The van der Waals surface area contributed by atoms with E-state index in [1.165, 1.54) is 0 Å². The largest absolute Gasteiger partial charge is 0.465 e. The first-order valence-corrected chi connectivity index (χ1v) is 8.58. The summed E-state index contributed by atoms with van der Waals surface area (Å²) in [6, 6.07) is -0.234. The third-order valence-electron chi connectivity index (χ3n) is 4.09. The zero-order chi connectivity index (χ0) is 20.3. The second kappa shape index (κ2) is 7.92. The number of hydrogen-bond acceptors (Lipinski definition) is 4. The number of nitrogens with zero attached hydrogens (tertiary/aromatic N) is 2. The summed E-state index contributed by atoms with van der Waals surface area (Å²) in [6.07, 6.45) is -1.31. The Kier molecular flexibility index (Phi) is 6.62. The number of carbonyl (C=O) groups excluding carboxylic acids is 2. The molecular weight excluding hydrogens is 340 g/mol. The number of guanidine groups is 1. The van der Waals surface area contributed by atoms with Crippen LogP contribution in [0.3, 0.4) is 0 Å². The summed E-state index contributed by atoms with van der Waals surface area (Å²) < 4.78 is 5.16. The van der Waals surface area contributed by atoms with E-state index >= 15 is 0 Å². The van der Waals surface area contributed by atoms with Crippen LogP contribution in [0.5, 0.6) is 0 Å². The molecule has 3 amide bonds. The van der Waals surface area contributed by atoms with Crippen LogP contribution in [0.25, 0.3) is 0 Å². The molecule has 0 aromatic rings. The molecule has 9 nitrogen and oxygen atoms in total. The number of hydrogen-bond donors (Lipinski definition) is 3. The highest BCUT2D eigenvalue weighted by Gasteiger charge is 2.40. The number of nitrogens with two attached hydrogens (primary N) is 1. The third kappa shape index (κ3) is 6.53. The number of aliphatic imine (C=N–C) groups is 1. The van der Waals surface area contributed by atoms with Gasteiger partial charge in [-0.15, -0.1) is 4.99 Å². The average Bonchev–Trinajstić information content (AvgIpc) is 2.42. The van der Waals surface area contributed by atoms with Crippen LogP contribution in [0.4, 0.5) is 9.59 Å². The standard InChI is InChI=1S/C17H30N4O5/c1-16(2,3)11-9-10(12(18)22)7-8-21(11)13(19-14(23)24)20-15(25)26-17(4,5)6/h10-11H,7-9H2,1-6H3,(H2,18,22)(H,23,24)(H,19,20,25). The molecule has 1 aliphatic heterocycles. The highest BCUT2D eigenvalue weighted by Crippen LogP contribution is 2.34. The Hall–Kier alpha value is -2.32. The maximum atomic E-state index is 12.1. The molecule has 0 bridgehead atoms. The molecule has 0 saturated carbocycles. The van der Waals surface area contributed by atoms with Gasteiger partial charge in [-0.3, -0.25) is 10.1 Å². The fraction of sp³-hybridized carbons (Fsp3) is 0.765. The van der Waals surface area contributed by atoms with Crippen molar-refractivity contribution in [1.29, 1.82) is 0 Å². The van der Waals surface area contributed by atoms with Crippen molar-refractivity contribution in [3.05, 3.63) is 0 Å². The van der Waals surface area contributed by atoms with Gasteiger partial charge in [-0.1, -0.05) is 20.8 Å². The lowest BCUT2D eigenvalue weighted by Crippen LogP contribution is -2.57. The van der Waals surface area contributed by atoms with E-state index in [1.807, 2.05) is 20.8 Å². The summed E-state index contributed by atoms with van der Waals surface area (Å²) >= 11 is 0. The summed E-state index contributed by atoms with van der Waals surface area (Å²) in [5.74, 6) is -0.784. The molecule has 0 radical (unpaired) electrons. The molecule has 0 aliphatic carbocycles. The highest BCUT2D eigenvalue weighted by atomic mass is 16.6. The lowest BCUT2D eigenvalue weighted by Gasteiger charge is -2.46. The first-order chi connectivity index (χ1) is 11.7. The van der Waals surface area contributed by atoms with Crippen molar-refractivity contribution >= 4 is 24.1 Å². The molecular formula is C17H30N4O5. The van der Waals surface area contributed by atoms with Crippen molar-refractivity contribution < 1.29 is 24.2 Å². The molecule has 148 valence electrons. The number of carbonyl (C=O) groups is 3. The van der Waals surface area contributed by atoms with Gasteiger partial charge in [0.05, 0.1) is 0 Å². The van der Waals surface area contributed by atoms with E-state index < -0.39 is 17.8 Å². The molecule has 1 heterocycles. The predicted molar refractivity (Wildman–Crippen MR) is 96.7 cm³/mol. The Bertz CT molecular complexity index is 589. The van der Waals surface area contributed by atoms with Crippen LogP contribution < -0.4 is 11.1 Å². The van der Waals surface area contributed by atoms with Crippen molar-refractivity contribution in [3.63, 3.8) is 0 Å². The molecule has 4 N–H and O–H groups in total. The number of piperidine rings is 1. The topological polar surface area (TPSA) is 134 Å². The van der Waals surface area contributed by atoms with E-state index in [0.29, 0.717) is 19.4 Å². The van der Waals surface area contributed by atoms with Crippen LogP contribution >= 0.6 is 0 Å². The highest BCUT2D eigenvalue weighted by molar-refractivity contribution is 5.98. The molecule has 2 atom stereocenters. The Morgan fingerprint density at radius 1 is 1.19 bits per heavy atom. The van der Waals surface area contributed by atoms with Gasteiger partial charge >= 0.3 is 12.2 Å². The van der Waals surface area contributed by atoms with Gasteiger partial charge in [0.2, 0.25) is 11.9 Å². The quantitative estimate of drug-likeness (QED) is 0.478. The van der Waals surface area contributed by atoms with Crippen LogP contribution in [0.2, 0.25) is 0 Å². The fourth-order valence-electron chi connectivity index (χ4n) is 2.93. The molecule has 1 aliphatic rings. The molecule has 0 aromatic carbocycles. The van der Waals surface area contributed by atoms with Gasteiger partial charge < -0.3 is 20.5 Å². The molecule has 9 heteroatoms. The minimum Gasteiger partial charge on any atom is -0.465 e. The Morgan fingerprint density at radius 3 is 2.19 bits per heavy atom. The fourth-order valence-corrected chi connectivity index (χ4v) is 2.93. The third-order valence-corrected chi connectivity index (χ3v) is 4.09. The van der Waals surface area contributed by atoms with Crippen LogP contribution in [-0.4, -0.2) is 52.2 Å². The molecule has 0 spiro atoms. The summed E-state index contributed by atoms with van der Waals surface area (Å²) in [5, 5.41) is 11.3. The van der Waals surface area contributed by atoms with Crippen molar-refractivity contribution in [1.82, 2.24) is 10.2 Å². The second-order valence-electron chi connectivity index (χ2n) is 8.54. The maximum absolute atomic E-state index is 12.1. The number of likely N-dealkylation sites (tertiary alicyclic amines) is 1. The number of carboxylic acid groups (broad SMARTS) is 1. The Labute approximate surface area is 154 Å². The van der Waals surface area contributed by atoms with Gasteiger partial charge in [0.15, 0.2) is 0 Å². The smallest absolute Gasteiger partial charge is 0.437 e. The van der Waals surface area contributed by atoms with E-state index in [-0.39, 0.29) is 29.2 Å². The number of nitrogens with one attached hydrogen (secondary N) is 1. The second-order valence-corrected chi connectivity index (χ2v) is 8.54. The first-order valence-electron chi connectivity index (χ1n) is 8.58. The van der Waals surface area contributed by atoms with Gasteiger partial charge in [0, 0.05) is 18.5 Å². The van der Waals surface area contributed by atoms with Crippen molar-refractivity contribution in [2.24, 2.45) is 22.1 Å². The zero-order valence-electron chi connectivity index (χ0n) is 16.3. The number of primary amides is 1. The molecule has 1 rings (SSSR count). The minimum atomic E-state index is -1.34. The van der Waals surface area contributed by atoms with Gasteiger partial charge in [0.25, 0.3) is 0 Å². The van der Waals surface area contributed by atoms with Crippen LogP contribution in [0, 0.1) is 11.3 Å². The summed E-state index contributed by atoms with van der Waals surface area (Å²) in [5.41, 5.74) is 4.40. The van der Waals surface area contributed by atoms with Gasteiger partial charge in [0.1, 0.15) is 5.60 Å². The zero-order valence-corrected chi connectivity index (χ0v) is 16.3. The minimum absolute atomic E-state index is 0.102. The summed E-state index contributed by atoms with van der Waals surface area (Å²) in [7, 11) is 0. The van der Waals surface area contributed by atoms with E-state index in [0.717, 1.165) is 0 Å². The predicted octanol–water partition coefficient (Wildman–Crippen LogP) is 2.16. The van der Waals surface area contributed by atoms with E-state index in [1.54, 1.807) is 25.7 Å². The van der Waals surface area contributed by atoms with Gasteiger partial charge in [-0.05, 0) is 39.0 Å². The molecule has 1 fully saturated rings. The molecule has 0 aromatic heterocycles. The molecule has 26 heavy (non-hydrogen) atoms. The van der Waals surface area contributed by atoms with Crippen LogP contribution in [0.1, 0.15) is 54.4 Å². The van der Waals surface area contributed by atoms with Gasteiger partial charge in [-0.2, -0.15) is 0 Å². The number of ether oxygens (including phenoxy) is 1.